The fourth-order valence-corrected chi connectivity index (χ4v) is 2.46. The molecule has 4 heteroatoms. The highest BCUT2D eigenvalue weighted by atomic mass is 16.5. The normalized spacial score (nSPS) is 21.4. The fourth-order valence-electron chi connectivity index (χ4n) is 2.46. The van der Waals surface area contributed by atoms with E-state index in [2.05, 4.69) is 22.1 Å². The number of aromatic nitrogens is 3. The molecule has 0 saturated heterocycles. The molecule has 1 aromatic heterocycles. The van der Waals surface area contributed by atoms with Crippen molar-refractivity contribution in [2.24, 2.45) is 0 Å². The van der Waals surface area contributed by atoms with Crippen molar-refractivity contribution >= 4 is 0 Å². The van der Waals surface area contributed by atoms with E-state index in [4.69, 9.17) is 4.74 Å². The molecule has 1 aliphatic carbocycles. The van der Waals surface area contributed by atoms with Crippen LogP contribution in [0.1, 0.15) is 69.9 Å². The molecule has 1 N–H and O–H groups in total. The molecule has 0 aromatic carbocycles. The predicted octanol–water partition coefficient (Wildman–Crippen LogP) is 3.12. The second-order valence-corrected chi connectivity index (χ2v) is 5.17. The molecule has 96 valence electrons. The Morgan fingerprint density at radius 3 is 2.65 bits per heavy atom. The van der Waals surface area contributed by atoms with Gasteiger partial charge < -0.3 is 4.74 Å². The monoisotopic (exact) mass is 237 g/mol. The third-order valence-electron chi connectivity index (χ3n) is 4.09. The highest BCUT2D eigenvalue weighted by Crippen LogP contribution is 2.32. The van der Waals surface area contributed by atoms with Gasteiger partial charge in [0.25, 0.3) is 0 Å². The number of ether oxygens (including phenoxy) is 1. The van der Waals surface area contributed by atoms with Gasteiger partial charge in [0.1, 0.15) is 11.4 Å². The van der Waals surface area contributed by atoms with Crippen LogP contribution in [0.5, 0.6) is 0 Å². The van der Waals surface area contributed by atoms with Crippen molar-refractivity contribution in [2.75, 3.05) is 7.11 Å². The summed E-state index contributed by atoms with van der Waals surface area (Å²) >= 11 is 0. The van der Waals surface area contributed by atoms with Gasteiger partial charge in [-0.3, -0.25) is 5.10 Å². The van der Waals surface area contributed by atoms with E-state index in [1.54, 1.807) is 7.11 Å². The summed E-state index contributed by atoms with van der Waals surface area (Å²) in [4.78, 5) is 4.66. The van der Waals surface area contributed by atoms with Gasteiger partial charge in [0, 0.05) is 13.0 Å². The molecule has 0 amide bonds. The third-order valence-corrected chi connectivity index (χ3v) is 4.09. The van der Waals surface area contributed by atoms with Crippen LogP contribution in [0.2, 0.25) is 0 Å². The molecule has 0 spiro atoms. The first-order valence-electron chi connectivity index (χ1n) is 6.67. The Morgan fingerprint density at radius 2 is 2.06 bits per heavy atom. The molecule has 1 saturated carbocycles. The zero-order chi connectivity index (χ0) is 12.3. The van der Waals surface area contributed by atoms with Crippen LogP contribution in [0, 0.1) is 0 Å². The summed E-state index contributed by atoms with van der Waals surface area (Å²) in [5.41, 5.74) is -0.358. The summed E-state index contributed by atoms with van der Waals surface area (Å²) in [6, 6.07) is 0. The first-order valence-corrected chi connectivity index (χ1v) is 6.67. The van der Waals surface area contributed by atoms with Crippen LogP contribution >= 0.6 is 0 Å². The lowest BCUT2D eigenvalue weighted by atomic mass is 9.89. The molecule has 1 aromatic rings. The zero-order valence-corrected chi connectivity index (χ0v) is 11.1. The topological polar surface area (TPSA) is 50.8 Å². The molecule has 2 rings (SSSR count). The summed E-state index contributed by atoms with van der Waals surface area (Å²) in [5.74, 6) is 2.42. The van der Waals surface area contributed by atoms with E-state index >= 15 is 0 Å². The molecule has 1 atom stereocenters. The van der Waals surface area contributed by atoms with Crippen LogP contribution in [0.4, 0.5) is 0 Å². The lowest BCUT2D eigenvalue weighted by molar-refractivity contribution is -0.00875. The molecule has 1 fully saturated rings. The molecule has 0 aliphatic heterocycles. The molecule has 1 heterocycles. The van der Waals surface area contributed by atoms with Gasteiger partial charge in [-0.25, -0.2) is 4.98 Å². The van der Waals surface area contributed by atoms with Crippen molar-refractivity contribution < 1.29 is 4.74 Å². The summed E-state index contributed by atoms with van der Waals surface area (Å²) in [5, 5.41) is 7.45. The maximum Gasteiger partial charge on any atom is 0.182 e. The fraction of sp³-hybridized carbons (Fsp3) is 0.846. The first kappa shape index (κ1) is 12.6. The van der Waals surface area contributed by atoms with Crippen molar-refractivity contribution in [1.29, 1.82) is 0 Å². The van der Waals surface area contributed by atoms with Gasteiger partial charge in [-0.15, -0.1) is 0 Å². The van der Waals surface area contributed by atoms with Crippen molar-refractivity contribution in [1.82, 2.24) is 15.2 Å². The second kappa shape index (κ2) is 5.17. The lowest BCUT2D eigenvalue weighted by Crippen LogP contribution is -2.25. The Morgan fingerprint density at radius 1 is 1.35 bits per heavy atom. The number of methoxy groups -OCH3 is 1. The molecule has 1 unspecified atom stereocenters. The molecule has 0 radical (unpaired) electrons. The quantitative estimate of drug-likeness (QED) is 0.875. The Bertz CT molecular complexity index is 351. The average molecular weight is 237 g/mol. The van der Waals surface area contributed by atoms with Gasteiger partial charge in [-0.1, -0.05) is 26.2 Å². The number of nitrogens with one attached hydrogen (secondary N) is 1. The van der Waals surface area contributed by atoms with Gasteiger partial charge in [0.2, 0.25) is 0 Å². The van der Waals surface area contributed by atoms with Gasteiger partial charge in [0.05, 0.1) is 0 Å². The van der Waals surface area contributed by atoms with Crippen molar-refractivity contribution in [3.8, 4) is 0 Å². The van der Waals surface area contributed by atoms with Gasteiger partial charge in [-0.05, 0) is 26.2 Å². The minimum Gasteiger partial charge on any atom is -0.370 e. The molecular weight excluding hydrogens is 214 g/mol. The standard InChI is InChI=1S/C13H23N3O/c1-4-13(2,17-3)12-14-11(15-16-12)10-8-6-5-7-9-10/h10H,4-9H2,1-3H3,(H,14,15,16). The van der Waals surface area contributed by atoms with E-state index in [9.17, 15) is 0 Å². The highest BCUT2D eigenvalue weighted by Gasteiger charge is 2.30. The van der Waals surface area contributed by atoms with Gasteiger partial charge in [0.15, 0.2) is 5.82 Å². The molecular formula is C13H23N3O. The SMILES string of the molecule is CCC(C)(OC)c1n[nH]c(C2CCCCC2)n1. The summed E-state index contributed by atoms with van der Waals surface area (Å²) in [6.07, 6.45) is 7.36. The summed E-state index contributed by atoms with van der Waals surface area (Å²) < 4.78 is 5.53. The lowest BCUT2D eigenvalue weighted by Gasteiger charge is -2.23. The summed E-state index contributed by atoms with van der Waals surface area (Å²) in [7, 11) is 1.72. The first-order chi connectivity index (χ1) is 8.19. The Balaban J connectivity index is 2.14. The molecule has 0 bridgehead atoms. The number of rotatable bonds is 4. The average Bonchev–Trinajstić information content (AvgIpc) is 2.89. The molecule has 17 heavy (non-hydrogen) atoms. The van der Waals surface area contributed by atoms with Crippen LogP contribution < -0.4 is 0 Å². The smallest absolute Gasteiger partial charge is 0.182 e. The van der Waals surface area contributed by atoms with Crippen molar-refractivity contribution in [3.63, 3.8) is 0 Å². The van der Waals surface area contributed by atoms with E-state index < -0.39 is 0 Å². The maximum atomic E-state index is 5.53. The maximum absolute atomic E-state index is 5.53. The Hall–Kier alpha value is -0.900. The van der Waals surface area contributed by atoms with E-state index in [1.165, 1.54) is 32.1 Å². The zero-order valence-electron chi connectivity index (χ0n) is 11.1. The van der Waals surface area contributed by atoms with Gasteiger partial charge in [-0.2, -0.15) is 5.10 Å². The summed E-state index contributed by atoms with van der Waals surface area (Å²) in [6.45, 7) is 4.14. The number of nitrogens with zero attached hydrogens (tertiary/aromatic N) is 2. The number of hydrogen-bond acceptors (Lipinski definition) is 3. The highest BCUT2D eigenvalue weighted by molar-refractivity contribution is 5.05. The second-order valence-electron chi connectivity index (χ2n) is 5.17. The van der Waals surface area contributed by atoms with Crippen LogP contribution in [-0.4, -0.2) is 22.3 Å². The van der Waals surface area contributed by atoms with Crippen LogP contribution in [0.3, 0.4) is 0 Å². The molecule has 1 aliphatic rings. The van der Waals surface area contributed by atoms with E-state index in [0.717, 1.165) is 18.1 Å². The van der Waals surface area contributed by atoms with Crippen molar-refractivity contribution in [2.45, 2.75) is 63.9 Å². The minimum absolute atomic E-state index is 0.358. The van der Waals surface area contributed by atoms with Crippen LogP contribution in [0.25, 0.3) is 0 Å². The Labute approximate surface area is 103 Å². The number of hydrogen-bond donors (Lipinski definition) is 1. The Kier molecular flexibility index (Phi) is 3.82. The third kappa shape index (κ3) is 2.51. The number of aromatic amines is 1. The van der Waals surface area contributed by atoms with E-state index in [-0.39, 0.29) is 5.60 Å². The van der Waals surface area contributed by atoms with E-state index in [0.29, 0.717) is 5.92 Å². The largest absolute Gasteiger partial charge is 0.370 e. The van der Waals surface area contributed by atoms with Crippen molar-refractivity contribution in [3.05, 3.63) is 11.6 Å². The number of H-pyrrole nitrogens is 1. The van der Waals surface area contributed by atoms with Crippen LogP contribution in [-0.2, 0) is 10.3 Å². The van der Waals surface area contributed by atoms with Gasteiger partial charge >= 0.3 is 0 Å². The van der Waals surface area contributed by atoms with Crippen LogP contribution in [0.15, 0.2) is 0 Å². The molecule has 4 nitrogen and oxygen atoms in total. The minimum atomic E-state index is -0.358. The predicted molar refractivity (Wildman–Crippen MR) is 66.9 cm³/mol. The van der Waals surface area contributed by atoms with E-state index in [1.807, 2.05) is 6.92 Å².